The Bertz CT molecular complexity index is 546. The highest BCUT2D eigenvalue weighted by atomic mass is 79.9. The number of benzene rings is 1. The summed E-state index contributed by atoms with van der Waals surface area (Å²) in [5.74, 6) is 0.463. The van der Waals surface area contributed by atoms with E-state index in [1.165, 1.54) is 12.1 Å². The lowest BCUT2D eigenvalue weighted by molar-refractivity contribution is 0.547. The zero-order valence-corrected chi connectivity index (χ0v) is 12.7. The molecule has 18 heavy (non-hydrogen) atoms. The average molecular weight is 354 g/mol. The van der Waals surface area contributed by atoms with Crippen molar-refractivity contribution in [3.63, 3.8) is 0 Å². The van der Waals surface area contributed by atoms with Crippen molar-refractivity contribution in [1.82, 2.24) is 4.72 Å². The maximum atomic E-state index is 12.0. The summed E-state index contributed by atoms with van der Waals surface area (Å²) >= 11 is 9.03. The fourth-order valence-electron chi connectivity index (χ4n) is 1.62. The van der Waals surface area contributed by atoms with Crippen LogP contribution in [0.4, 0.5) is 0 Å². The van der Waals surface area contributed by atoms with Gasteiger partial charge in [0.2, 0.25) is 10.0 Å². The molecule has 0 spiro atoms. The van der Waals surface area contributed by atoms with Crippen molar-refractivity contribution in [2.45, 2.75) is 23.8 Å². The fraction of sp³-hybridized carbons (Fsp3) is 0.455. The Morgan fingerprint density at radius 3 is 2.72 bits per heavy atom. The van der Waals surface area contributed by atoms with Crippen LogP contribution in [0.2, 0.25) is 5.02 Å². The topological polar surface area (TPSA) is 72.2 Å². The highest BCUT2D eigenvalue weighted by Crippen LogP contribution is 2.31. The highest BCUT2D eigenvalue weighted by Gasteiger charge is 2.29. The first-order valence-corrected chi connectivity index (χ1v) is 8.26. The molecular weight excluding hydrogens is 340 g/mol. The molecule has 1 aliphatic carbocycles. The van der Waals surface area contributed by atoms with Gasteiger partial charge < -0.3 is 5.73 Å². The third-order valence-electron chi connectivity index (χ3n) is 2.94. The summed E-state index contributed by atoms with van der Waals surface area (Å²) in [6, 6.07) is 4.39. The van der Waals surface area contributed by atoms with Crippen LogP contribution in [0.3, 0.4) is 0 Å². The second-order valence-electron chi connectivity index (χ2n) is 4.43. The second-order valence-corrected chi connectivity index (χ2v) is 7.46. The molecule has 1 fully saturated rings. The molecule has 0 saturated heterocycles. The van der Waals surface area contributed by atoms with Gasteiger partial charge in [0.15, 0.2) is 0 Å². The van der Waals surface area contributed by atoms with E-state index in [0.717, 1.165) is 12.8 Å². The summed E-state index contributed by atoms with van der Waals surface area (Å²) in [5, 5.41) is 0.476. The van der Waals surface area contributed by atoms with Gasteiger partial charge in [0, 0.05) is 17.1 Å². The Morgan fingerprint density at radius 2 is 2.17 bits per heavy atom. The van der Waals surface area contributed by atoms with E-state index >= 15 is 0 Å². The molecule has 1 saturated carbocycles. The number of rotatable bonds is 5. The number of nitrogens with two attached hydrogens (primary N) is 1. The van der Waals surface area contributed by atoms with Crippen LogP contribution in [0.1, 0.15) is 12.8 Å². The monoisotopic (exact) mass is 352 g/mol. The van der Waals surface area contributed by atoms with Crippen LogP contribution in [-0.2, 0) is 10.0 Å². The molecule has 1 unspecified atom stereocenters. The van der Waals surface area contributed by atoms with Crippen molar-refractivity contribution in [3.05, 3.63) is 27.7 Å². The molecule has 0 amide bonds. The standard InChI is InChI=1S/C11H14BrClN2O2S/c12-9-5-8(3-4-10(9)13)18(16,17)15-6-11(14)7-1-2-7/h3-5,7,11,15H,1-2,6,14H2. The zero-order chi connectivity index (χ0) is 13.3. The largest absolute Gasteiger partial charge is 0.326 e. The summed E-state index contributed by atoms with van der Waals surface area (Å²) < 4.78 is 27.1. The Balaban J connectivity index is 2.07. The predicted molar refractivity (Wildman–Crippen MR) is 75.0 cm³/mol. The molecular formula is C11H14BrClN2O2S. The van der Waals surface area contributed by atoms with Crippen molar-refractivity contribution in [2.75, 3.05) is 6.54 Å². The Morgan fingerprint density at radius 1 is 1.50 bits per heavy atom. The van der Waals surface area contributed by atoms with E-state index in [4.69, 9.17) is 17.3 Å². The summed E-state index contributed by atoms with van der Waals surface area (Å²) in [7, 11) is -3.52. The predicted octanol–water partition coefficient (Wildman–Crippen LogP) is 2.12. The summed E-state index contributed by atoms with van der Waals surface area (Å²) in [5.41, 5.74) is 5.86. The average Bonchev–Trinajstić information content (AvgIpc) is 3.13. The van der Waals surface area contributed by atoms with Crippen LogP contribution in [0.25, 0.3) is 0 Å². The highest BCUT2D eigenvalue weighted by molar-refractivity contribution is 9.10. The van der Waals surface area contributed by atoms with Crippen LogP contribution >= 0.6 is 27.5 Å². The molecule has 1 aliphatic rings. The van der Waals surface area contributed by atoms with Gasteiger partial charge in [-0.15, -0.1) is 0 Å². The first kappa shape index (κ1) is 14.3. The van der Waals surface area contributed by atoms with Crippen molar-refractivity contribution in [3.8, 4) is 0 Å². The minimum Gasteiger partial charge on any atom is -0.326 e. The molecule has 1 aromatic rings. The number of hydrogen-bond acceptors (Lipinski definition) is 3. The van der Waals surface area contributed by atoms with Crippen LogP contribution in [0, 0.1) is 5.92 Å². The lowest BCUT2D eigenvalue weighted by Crippen LogP contribution is -2.38. The SMILES string of the molecule is NC(CNS(=O)(=O)c1ccc(Cl)c(Br)c1)C1CC1. The minimum absolute atomic E-state index is 0.101. The van der Waals surface area contributed by atoms with E-state index in [1.807, 2.05) is 0 Å². The van der Waals surface area contributed by atoms with Crippen LogP contribution < -0.4 is 10.5 Å². The van der Waals surface area contributed by atoms with Gasteiger partial charge in [0.25, 0.3) is 0 Å². The zero-order valence-electron chi connectivity index (χ0n) is 9.57. The molecule has 100 valence electrons. The summed E-state index contributed by atoms with van der Waals surface area (Å²) in [6.07, 6.45) is 2.19. The van der Waals surface area contributed by atoms with E-state index < -0.39 is 10.0 Å². The first-order valence-electron chi connectivity index (χ1n) is 5.60. The Hall–Kier alpha value is -0.140. The number of halogens is 2. The van der Waals surface area contributed by atoms with Gasteiger partial charge in [-0.1, -0.05) is 11.6 Å². The molecule has 0 bridgehead atoms. The van der Waals surface area contributed by atoms with E-state index in [1.54, 1.807) is 6.07 Å². The van der Waals surface area contributed by atoms with Crippen LogP contribution in [-0.4, -0.2) is 21.0 Å². The first-order chi connectivity index (χ1) is 8.40. The van der Waals surface area contributed by atoms with Crippen molar-refractivity contribution >= 4 is 37.6 Å². The van der Waals surface area contributed by atoms with E-state index in [9.17, 15) is 8.42 Å². The van der Waals surface area contributed by atoms with Crippen molar-refractivity contribution in [2.24, 2.45) is 11.7 Å². The molecule has 3 N–H and O–H groups in total. The van der Waals surface area contributed by atoms with Gasteiger partial charge in [0.05, 0.1) is 9.92 Å². The van der Waals surface area contributed by atoms with E-state index in [0.29, 0.717) is 15.4 Å². The lowest BCUT2D eigenvalue weighted by Gasteiger charge is -2.12. The van der Waals surface area contributed by atoms with Gasteiger partial charge in [-0.2, -0.15) is 0 Å². The Kier molecular flexibility index (Phi) is 4.33. The van der Waals surface area contributed by atoms with E-state index in [-0.39, 0.29) is 17.5 Å². The molecule has 0 radical (unpaired) electrons. The number of hydrogen-bond donors (Lipinski definition) is 2. The molecule has 7 heteroatoms. The van der Waals surface area contributed by atoms with Gasteiger partial charge in [-0.3, -0.25) is 0 Å². The summed E-state index contributed by atoms with van der Waals surface area (Å²) in [6.45, 7) is 0.271. The maximum absolute atomic E-state index is 12.0. The van der Waals surface area contributed by atoms with Gasteiger partial charge >= 0.3 is 0 Å². The van der Waals surface area contributed by atoms with Crippen LogP contribution in [0.15, 0.2) is 27.6 Å². The Labute approximate surface area is 120 Å². The molecule has 2 rings (SSSR count). The normalized spacial score (nSPS) is 17.7. The number of sulfonamides is 1. The molecule has 0 aromatic heterocycles. The fourth-order valence-corrected chi connectivity index (χ4v) is 3.37. The maximum Gasteiger partial charge on any atom is 0.240 e. The number of nitrogens with one attached hydrogen (secondary N) is 1. The van der Waals surface area contributed by atoms with Gasteiger partial charge in [-0.25, -0.2) is 13.1 Å². The summed E-state index contributed by atoms with van der Waals surface area (Å²) in [4.78, 5) is 0.182. The molecule has 0 aliphatic heterocycles. The third kappa shape index (κ3) is 3.45. The van der Waals surface area contributed by atoms with Crippen LogP contribution in [0.5, 0.6) is 0 Å². The van der Waals surface area contributed by atoms with Gasteiger partial charge in [0.1, 0.15) is 0 Å². The van der Waals surface area contributed by atoms with Gasteiger partial charge in [-0.05, 0) is 52.9 Å². The molecule has 0 heterocycles. The molecule has 1 atom stereocenters. The lowest BCUT2D eigenvalue weighted by atomic mass is 10.2. The second kappa shape index (κ2) is 5.46. The van der Waals surface area contributed by atoms with E-state index in [2.05, 4.69) is 20.7 Å². The minimum atomic E-state index is -3.52. The smallest absolute Gasteiger partial charge is 0.240 e. The van der Waals surface area contributed by atoms with Crippen molar-refractivity contribution in [1.29, 1.82) is 0 Å². The molecule has 1 aromatic carbocycles. The van der Waals surface area contributed by atoms with Crippen molar-refractivity contribution < 1.29 is 8.42 Å². The molecule has 4 nitrogen and oxygen atoms in total. The quantitative estimate of drug-likeness (QED) is 0.851. The third-order valence-corrected chi connectivity index (χ3v) is 5.57.